The summed E-state index contributed by atoms with van der Waals surface area (Å²) in [5.74, 6) is -3.25. The number of carbonyl (C=O) groups is 2. The van der Waals surface area contributed by atoms with Gasteiger partial charge in [0.05, 0.1) is 5.92 Å². The molecule has 1 aliphatic heterocycles. The van der Waals surface area contributed by atoms with E-state index in [1.54, 1.807) is 18.2 Å². The van der Waals surface area contributed by atoms with Gasteiger partial charge in [0.15, 0.2) is 18.2 Å². The quantitative estimate of drug-likeness (QED) is 0.825. The summed E-state index contributed by atoms with van der Waals surface area (Å²) in [7, 11) is 0. The van der Waals surface area contributed by atoms with Crippen LogP contribution in [0.15, 0.2) is 36.4 Å². The summed E-state index contributed by atoms with van der Waals surface area (Å²) in [4.78, 5) is 23.9. The number of benzene rings is 2. The molecule has 0 spiro atoms. The van der Waals surface area contributed by atoms with Crippen LogP contribution in [0.5, 0.6) is 5.75 Å². The van der Waals surface area contributed by atoms with E-state index in [-0.39, 0.29) is 12.3 Å². The maximum absolute atomic E-state index is 13.1. The molecule has 2 aromatic carbocycles. The number of amides is 1. The average Bonchev–Trinajstić information content (AvgIpc) is 2.62. The Morgan fingerprint density at radius 1 is 1.19 bits per heavy atom. The highest BCUT2D eigenvalue weighted by Gasteiger charge is 2.28. The van der Waals surface area contributed by atoms with Crippen LogP contribution in [0.25, 0.3) is 0 Å². The van der Waals surface area contributed by atoms with Crippen molar-refractivity contribution in [3.05, 3.63) is 58.6 Å². The number of fused-ring (bicyclic) bond motifs is 1. The highest BCUT2D eigenvalue weighted by Crippen LogP contribution is 2.30. The Hall–Kier alpha value is -2.67. The van der Waals surface area contributed by atoms with Crippen molar-refractivity contribution < 1.29 is 27.8 Å². The van der Waals surface area contributed by atoms with Crippen LogP contribution in [0.2, 0.25) is 5.02 Å². The normalized spacial score (nSPS) is 15.6. The lowest BCUT2D eigenvalue weighted by atomic mass is 9.97. The third kappa shape index (κ3) is 4.29. The van der Waals surface area contributed by atoms with Crippen molar-refractivity contribution in [2.75, 3.05) is 18.5 Å². The van der Waals surface area contributed by atoms with Crippen molar-refractivity contribution in [3.63, 3.8) is 0 Å². The van der Waals surface area contributed by atoms with Crippen molar-refractivity contribution in [2.45, 2.75) is 6.42 Å². The van der Waals surface area contributed by atoms with E-state index >= 15 is 0 Å². The first-order chi connectivity index (χ1) is 12.4. The van der Waals surface area contributed by atoms with Gasteiger partial charge in [0.25, 0.3) is 5.91 Å². The number of hydrogen-bond donors (Lipinski definition) is 1. The Morgan fingerprint density at radius 2 is 2.00 bits per heavy atom. The van der Waals surface area contributed by atoms with Crippen molar-refractivity contribution in [1.82, 2.24) is 0 Å². The Bertz CT molecular complexity index is 859. The molecule has 1 heterocycles. The van der Waals surface area contributed by atoms with Gasteiger partial charge in [-0.05, 0) is 42.3 Å². The second-order valence-corrected chi connectivity index (χ2v) is 6.19. The number of esters is 1. The van der Waals surface area contributed by atoms with Gasteiger partial charge in [0, 0.05) is 16.8 Å². The van der Waals surface area contributed by atoms with E-state index in [0.717, 1.165) is 17.7 Å². The summed E-state index contributed by atoms with van der Waals surface area (Å²) in [6.07, 6.45) is 0.388. The molecule has 1 atom stereocenters. The van der Waals surface area contributed by atoms with Crippen LogP contribution in [-0.2, 0) is 20.7 Å². The molecule has 3 rings (SSSR count). The van der Waals surface area contributed by atoms with Crippen LogP contribution in [-0.4, -0.2) is 25.1 Å². The molecule has 0 radical (unpaired) electrons. The predicted molar refractivity (Wildman–Crippen MR) is 90.1 cm³/mol. The highest BCUT2D eigenvalue weighted by atomic mass is 35.5. The van der Waals surface area contributed by atoms with Gasteiger partial charge < -0.3 is 14.8 Å². The second kappa shape index (κ2) is 7.70. The lowest BCUT2D eigenvalue weighted by molar-refractivity contribution is -0.152. The summed E-state index contributed by atoms with van der Waals surface area (Å²) in [6, 6.07) is 8.07. The molecule has 1 N–H and O–H groups in total. The molecule has 0 saturated carbocycles. The molecule has 0 unspecified atom stereocenters. The van der Waals surface area contributed by atoms with Crippen LogP contribution in [0.3, 0.4) is 0 Å². The van der Waals surface area contributed by atoms with E-state index in [9.17, 15) is 18.4 Å². The molecular formula is C18H14ClF2NO4. The van der Waals surface area contributed by atoms with Crippen LogP contribution < -0.4 is 10.1 Å². The maximum atomic E-state index is 13.1. The molecule has 136 valence electrons. The third-order valence-electron chi connectivity index (χ3n) is 3.81. The Morgan fingerprint density at radius 3 is 2.77 bits per heavy atom. The van der Waals surface area contributed by atoms with Crippen molar-refractivity contribution >= 4 is 29.2 Å². The topological polar surface area (TPSA) is 64.6 Å². The number of anilines is 1. The Kier molecular flexibility index (Phi) is 5.37. The van der Waals surface area contributed by atoms with Crippen LogP contribution in [0.1, 0.15) is 5.56 Å². The number of carbonyl (C=O) groups excluding carboxylic acids is 2. The summed E-state index contributed by atoms with van der Waals surface area (Å²) in [5, 5.41) is 2.85. The van der Waals surface area contributed by atoms with Gasteiger partial charge in [-0.15, -0.1) is 0 Å². The molecule has 8 heteroatoms. The largest absolute Gasteiger partial charge is 0.492 e. The minimum Gasteiger partial charge on any atom is -0.492 e. The zero-order valence-corrected chi connectivity index (χ0v) is 14.2. The number of halogens is 3. The number of nitrogens with one attached hydrogen (secondary N) is 1. The molecule has 26 heavy (non-hydrogen) atoms. The lowest BCUT2D eigenvalue weighted by Gasteiger charge is -2.24. The first kappa shape index (κ1) is 18.1. The van der Waals surface area contributed by atoms with E-state index in [1.807, 2.05) is 0 Å². The Balaban J connectivity index is 1.52. The second-order valence-electron chi connectivity index (χ2n) is 5.75. The molecule has 1 amide bonds. The van der Waals surface area contributed by atoms with Gasteiger partial charge in [-0.3, -0.25) is 9.59 Å². The molecule has 0 bridgehead atoms. The SMILES string of the molecule is O=C(COC(=O)[C@H]1COc2ccc(Cl)cc2C1)Nc1ccc(F)c(F)c1. The van der Waals surface area contributed by atoms with Crippen LogP contribution in [0.4, 0.5) is 14.5 Å². The van der Waals surface area contributed by atoms with Crippen LogP contribution >= 0.6 is 11.6 Å². The van der Waals surface area contributed by atoms with Crippen molar-refractivity contribution in [2.24, 2.45) is 5.92 Å². The molecular weight excluding hydrogens is 368 g/mol. The average molecular weight is 382 g/mol. The molecule has 0 aliphatic carbocycles. The minimum atomic E-state index is -1.09. The molecule has 5 nitrogen and oxygen atoms in total. The molecule has 2 aromatic rings. The van der Waals surface area contributed by atoms with Gasteiger partial charge in [0.1, 0.15) is 12.4 Å². The first-order valence-corrected chi connectivity index (χ1v) is 8.13. The smallest absolute Gasteiger partial charge is 0.313 e. The van der Waals surface area contributed by atoms with Gasteiger partial charge in [-0.1, -0.05) is 11.6 Å². The fraction of sp³-hybridized carbons (Fsp3) is 0.222. The van der Waals surface area contributed by atoms with Gasteiger partial charge >= 0.3 is 5.97 Å². The fourth-order valence-electron chi connectivity index (χ4n) is 2.54. The van der Waals surface area contributed by atoms with E-state index < -0.39 is 36.0 Å². The number of hydrogen-bond acceptors (Lipinski definition) is 4. The molecule has 0 saturated heterocycles. The van der Waals surface area contributed by atoms with Gasteiger partial charge in [-0.25, -0.2) is 8.78 Å². The third-order valence-corrected chi connectivity index (χ3v) is 4.05. The number of rotatable bonds is 4. The monoisotopic (exact) mass is 381 g/mol. The zero-order chi connectivity index (χ0) is 18.7. The molecule has 0 aromatic heterocycles. The zero-order valence-electron chi connectivity index (χ0n) is 13.4. The molecule has 1 aliphatic rings. The van der Waals surface area contributed by atoms with E-state index in [0.29, 0.717) is 17.2 Å². The Labute approximate surface area is 152 Å². The maximum Gasteiger partial charge on any atom is 0.313 e. The summed E-state index contributed by atoms with van der Waals surface area (Å²) in [5.41, 5.74) is 0.853. The minimum absolute atomic E-state index is 0.0644. The first-order valence-electron chi connectivity index (χ1n) is 7.75. The van der Waals surface area contributed by atoms with Gasteiger partial charge in [0.2, 0.25) is 0 Å². The standard InChI is InChI=1S/C18H14ClF2NO4/c19-12-1-4-16-10(6-12)5-11(8-25-16)18(24)26-9-17(23)22-13-2-3-14(20)15(21)7-13/h1-4,6-7,11H,5,8-9H2,(H,22,23)/t11-/m1/s1. The van der Waals surface area contributed by atoms with E-state index in [1.165, 1.54) is 6.07 Å². The molecule has 0 fully saturated rings. The highest BCUT2D eigenvalue weighted by molar-refractivity contribution is 6.30. The summed E-state index contributed by atoms with van der Waals surface area (Å²) >= 11 is 5.93. The summed E-state index contributed by atoms with van der Waals surface area (Å²) < 4.78 is 36.4. The predicted octanol–water partition coefficient (Wildman–Crippen LogP) is 3.35. The van der Waals surface area contributed by atoms with E-state index in [2.05, 4.69) is 5.32 Å². The van der Waals surface area contributed by atoms with Gasteiger partial charge in [-0.2, -0.15) is 0 Å². The van der Waals surface area contributed by atoms with Crippen LogP contribution in [0, 0.1) is 17.6 Å². The van der Waals surface area contributed by atoms with Crippen molar-refractivity contribution in [3.8, 4) is 5.75 Å². The summed E-state index contributed by atoms with van der Waals surface area (Å²) in [6.45, 7) is -0.408. The number of ether oxygens (including phenoxy) is 2. The van der Waals surface area contributed by atoms with E-state index in [4.69, 9.17) is 21.1 Å². The fourth-order valence-corrected chi connectivity index (χ4v) is 2.73. The van der Waals surface area contributed by atoms with Crippen molar-refractivity contribution in [1.29, 1.82) is 0 Å². The lowest BCUT2D eigenvalue weighted by Crippen LogP contribution is -2.32.